The van der Waals surface area contributed by atoms with Crippen molar-refractivity contribution >= 4 is 5.91 Å². The Labute approximate surface area is 116 Å². The fourth-order valence-corrected chi connectivity index (χ4v) is 1.44. The van der Waals surface area contributed by atoms with Crippen molar-refractivity contribution in [2.75, 3.05) is 6.54 Å². The molecule has 1 atom stereocenters. The molecule has 0 heterocycles. The quantitative estimate of drug-likeness (QED) is 0.874. The molecule has 0 fully saturated rings. The number of amides is 1. The maximum Gasteiger partial charge on any atom is 0.387 e. The minimum atomic E-state index is -2.88. The molecule has 0 aromatic heterocycles. The Hall–Kier alpha value is -1.69. The van der Waals surface area contributed by atoms with Crippen LogP contribution in [0.15, 0.2) is 24.3 Å². The van der Waals surface area contributed by atoms with Gasteiger partial charge in [0.1, 0.15) is 5.75 Å². The maximum atomic E-state index is 12.0. The van der Waals surface area contributed by atoms with E-state index in [1.165, 1.54) is 24.3 Å². The molecule has 2 N–H and O–H groups in total. The van der Waals surface area contributed by atoms with Gasteiger partial charge in [0, 0.05) is 12.0 Å². The van der Waals surface area contributed by atoms with E-state index in [2.05, 4.69) is 10.1 Å². The Morgan fingerprint density at radius 1 is 1.30 bits per heavy atom. The summed E-state index contributed by atoms with van der Waals surface area (Å²) in [4.78, 5) is 11.7. The van der Waals surface area contributed by atoms with Crippen LogP contribution in [0.25, 0.3) is 0 Å². The van der Waals surface area contributed by atoms with Gasteiger partial charge in [0.25, 0.3) is 0 Å². The molecule has 0 aliphatic carbocycles. The molecular formula is C14H19F2NO3. The van der Waals surface area contributed by atoms with Crippen LogP contribution in [0.2, 0.25) is 0 Å². The summed E-state index contributed by atoms with van der Waals surface area (Å²) in [5.74, 6) is -0.149. The Balaban J connectivity index is 2.55. The molecule has 112 valence electrons. The number of aliphatic hydroxyl groups is 1. The first-order valence-corrected chi connectivity index (χ1v) is 6.21. The number of hydrogen-bond donors (Lipinski definition) is 2. The van der Waals surface area contributed by atoms with E-state index < -0.39 is 18.1 Å². The second kappa shape index (κ2) is 6.65. The van der Waals surface area contributed by atoms with Gasteiger partial charge >= 0.3 is 6.61 Å². The average molecular weight is 287 g/mol. The Morgan fingerprint density at radius 2 is 1.85 bits per heavy atom. The van der Waals surface area contributed by atoms with Crippen LogP contribution in [0.5, 0.6) is 5.75 Å². The van der Waals surface area contributed by atoms with Crippen LogP contribution in [0.4, 0.5) is 8.78 Å². The van der Waals surface area contributed by atoms with Gasteiger partial charge in [-0.1, -0.05) is 32.9 Å². The van der Waals surface area contributed by atoms with Gasteiger partial charge in [-0.3, -0.25) is 4.79 Å². The molecule has 0 spiro atoms. The number of benzene rings is 1. The first kappa shape index (κ1) is 16.4. The van der Waals surface area contributed by atoms with Crippen molar-refractivity contribution in [3.8, 4) is 5.75 Å². The van der Waals surface area contributed by atoms with E-state index in [1.54, 1.807) is 20.8 Å². The van der Waals surface area contributed by atoms with E-state index in [0.717, 1.165) is 0 Å². The highest BCUT2D eigenvalue weighted by atomic mass is 19.3. The molecule has 20 heavy (non-hydrogen) atoms. The predicted molar refractivity (Wildman–Crippen MR) is 70.5 cm³/mol. The zero-order valence-electron chi connectivity index (χ0n) is 11.7. The summed E-state index contributed by atoms with van der Waals surface area (Å²) in [6, 6.07) is 5.64. The van der Waals surface area contributed by atoms with Crippen LogP contribution in [-0.2, 0) is 4.79 Å². The van der Waals surface area contributed by atoms with Crippen molar-refractivity contribution in [2.45, 2.75) is 33.5 Å². The largest absolute Gasteiger partial charge is 0.435 e. The standard InChI is InChI=1S/C14H19F2NO3/c1-14(2,3)12(19)17-8-11(18)9-4-6-10(7-5-9)20-13(15)16/h4-7,11,13,18H,8H2,1-3H3,(H,17,19). The van der Waals surface area contributed by atoms with Gasteiger partial charge in [-0.15, -0.1) is 0 Å². The summed E-state index contributed by atoms with van der Waals surface area (Å²) in [5, 5.41) is 12.5. The van der Waals surface area contributed by atoms with E-state index in [9.17, 15) is 18.7 Å². The van der Waals surface area contributed by atoms with Crippen molar-refractivity contribution in [3.05, 3.63) is 29.8 Å². The average Bonchev–Trinajstić information content (AvgIpc) is 2.34. The predicted octanol–water partition coefficient (Wildman–Crippen LogP) is 2.48. The summed E-state index contributed by atoms with van der Waals surface area (Å²) >= 11 is 0. The lowest BCUT2D eigenvalue weighted by molar-refractivity contribution is -0.129. The Bertz CT molecular complexity index is 441. The summed E-state index contributed by atoms with van der Waals surface area (Å²) in [7, 11) is 0. The molecule has 1 amide bonds. The van der Waals surface area contributed by atoms with Crippen LogP contribution in [0.3, 0.4) is 0 Å². The van der Waals surface area contributed by atoms with Crippen LogP contribution < -0.4 is 10.1 Å². The van der Waals surface area contributed by atoms with Gasteiger partial charge in [0.2, 0.25) is 5.91 Å². The maximum absolute atomic E-state index is 12.0. The molecule has 1 aromatic carbocycles. The second-order valence-electron chi connectivity index (χ2n) is 5.42. The number of rotatable bonds is 5. The number of hydrogen-bond acceptors (Lipinski definition) is 3. The lowest BCUT2D eigenvalue weighted by atomic mass is 9.95. The lowest BCUT2D eigenvalue weighted by Gasteiger charge is -2.19. The van der Waals surface area contributed by atoms with Crippen molar-refractivity contribution in [1.29, 1.82) is 0 Å². The summed E-state index contributed by atoms with van der Waals surface area (Å²) in [5.41, 5.74) is -0.0184. The molecule has 0 aliphatic rings. The van der Waals surface area contributed by atoms with E-state index in [4.69, 9.17) is 0 Å². The normalized spacial score (nSPS) is 13.2. The molecule has 0 aliphatic heterocycles. The van der Waals surface area contributed by atoms with Crippen molar-refractivity contribution < 1.29 is 23.4 Å². The topological polar surface area (TPSA) is 58.6 Å². The number of carbonyl (C=O) groups excluding carboxylic acids is 1. The third kappa shape index (κ3) is 5.13. The van der Waals surface area contributed by atoms with Gasteiger partial charge in [0.15, 0.2) is 0 Å². The highest BCUT2D eigenvalue weighted by Crippen LogP contribution is 2.19. The smallest absolute Gasteiger partial charge is 0.387 e. The molecule has 1 unspecified atom stereocenters. The fourth-order valence-electron chi connectivity index (χ4n) is 1.44. The summed E-state index contributed by atoms with van der Waals surface area (Å²) < 4.78 is 28.2. The van der Waals surface area contributed by atoms with E-state index in [-0.39, 0.29) is 18.2 Å². The number of nitrogens with one attached hydrogen (secondary N) is 1. The molecule has 1 aromatic rings. The van der Waals surface area contributed by atoms with Crippen LogP contribution in [-0.4, -0.2) is 24.2 Å². The van der Waals surface area contributed by atoms with E-state index in [1.807, 2.05) is 0 Å². The highest BCUT2D eigenvalue weighted by molar-refractivity contribution is 5.81. The van der Waals surface area contributed by atoms with Gasteiger partial charge in [0.05, 0.1) is 6.10 Å². The Kier molecular flexibility index (Phi) is 5.44. The van der Waals surface area contributed by atoms with Crippen molar-refractivity contribution in [1.82, 2.24) is 5.32 Å². The summed E-state index contributed by atoms with van der Waals surface area (Å²) in [6.45, 7) is 2.49. The molecule has 4 nitrogen and oxygen atoms in total. The molecule has 1 rings (SSSR count). The first-order valence-electron chi connectivity index (χ1n) is 6.21. The van der Waals surface area contributed by atoms with Gasteiger partial charge in [-0.2, -0.15) is 8.78 Å². The molecule has 0 radical (unpaired) electrons. The van der Waals surface area contributed by atoms with Crippen LogP contribution >= 0.6 is 0 Å². The number of halogens is 2. The van der Waals surface area contributed by atoms with Gasteiger partial charge in [-0.05, 0) is 17.7 Å². The number of carbonyl (C=O) groups is 1. The summed E-state index contributed by atoms with van der Waals surface area (Å²) in [6.07, 6.45) is -0.901. The minimum absolute atomic E-state index is 0.0228. The second-order valence-corrected chi connectivity index (χ2v) is 5.42. The molecule has 0 saturated heterocycles. The zero-order chi connectivity index (χ0) is 15.3. The van der Waals surface area contributed by atoms with E-state index in [0.29, 0.717) is 5.56 Å². The molecule has 0 bridgehead atoms. The molecular weight excluding hydrogens is 268 g/mol. The van der Waals surface area contributed by atoms with E-state index >= 15 is 0 Å². The number of ether oxygens (including phenoxy) is 1. The van der Waals surface area contributed by atoms with Crippen molar-refractivity contribution in [2.24, 2.45) is 5.41 Å². The minimum Gasteiger partial charge on any atom is -0.435 e. The van der Waals surface area contributed by atoms with Crippen LogP contribution in [0.1, 0.15) is 32.4 Å². The fraction of sp³-hybridized carbons (Fsp3) is 0.500. The highest BCUT2D eigenvalue weighted by Gasteiger charge is 2.21. The first-order chi connectivity index (χ1) is 9.20. The lowest BCUT2D eigenvalue weighted by Crippen LogP contribution is -2.37. The third-order valence-corrected chi connectivity index (χ3v) is 2.63. The zero-order valence-corrected chi connectivity index (χ0v) is 11.7. The van der Waals surface area contributed by atoms with Crippen molar-refractivity contribution in [3.63, 3.8) is 0 Å². The molecule has 6 heteroatoms. The van der Waals surface area contributed by atoms with Crippen LogP contribution in [0, 0.1) is 5.41 Å². The monoisotopic (exact) mass is 287 g/mol. The number of alkyl halides is 2. The molecule has 0 saturated carbocycles. The van der Waals surface area contributed by atoms with Gasteiger partial charge in [-0.25, -0.2) is 0 Å². The van der Waals surface area contributed by atoms with Gasteiger partial charge < -0.3 is 15.2 Å². The number of aliphatic hydroxyl groups excluding tert-OH is 1. The SMILES string of the molecule is CC(C)(C)C(=O)NCC(O)c1ccc(OC(F)F)cc1. The third-order valence-electron chi connectivity index (χ3n) is 2.63. The Morgan fingerprint density at radius 3 is 2.30 bits per heavy atom.